The van der Waals surface area contributed by atoms with Gasteiger partial charge in [0.1, 0.15) is 4.60 Å². The molecule has 2 aromatic rings. The Morgan fingerprint density at radius 1 is 1.28 bits per heavy atom. The molecular weight excluding hydrogens is 292 g/mol. The summed E-state index contributed by atoms with van der Waals surface area (Å²) in [5.41, 5.74) is 0.909. The van der Waals surface area contributed by atoms with Crippen LogP contribution in [0.2, 0.25) is 0 Å². The molecule has 2 bridgehead atoms. The van der Waals surface area contributed by atoms with Gasteiger partial charge in [0.15, 0.2) is 11.5 Å². The summed E-state index contributed by atoms with van der Waals surface area (Å²) in [6.45, 7) is 0. The van der Waals surface area contributed by atoms with Crippen LogP contribution in [0.25, 0.3) is 5.65 Å². The highest BCUT2D eigenvalue weighted by molar-refractivity contribution is 9.10. The zero-order valence-corrected chi connectivity index (χ0v) is 11.6. The van der Waals surface area contributed by atoms with Crippen molar-refractivity contribution in [3.05, 3.63) is 23.2 Å². The summed E-state index contributed by atoms with van der Waals surface area (Å²) >= 11 is 3.49. The molecule has 2 fully saturated rings. The maximum absolute atomic E-state index is 4.45. The normalized spacial score (nSPS) is 30.2. The Labute approximate surface area is 114 Å². The van der Waals surface area contributed by atoms with Gasteiger partial charge in [-0.1, -0.05) is 6.42 Å². The smallest absolute Gasteiger partial charge is 0.180 e. The van der Waals surface area contributed by atoms with Gasteiger partial charge in [-0.3, -0.25) is 4.40 Å². The van der Waals surface area contributed by atoms with Crippen LogP contribution in [-0.4, -0.2) is 20.4 Å². The highest BCUT2D eigenvalue weighted by Crippen LogP contribution is 2.45. The minimum Gasteiger partial charge on any atom is -0.364 e. The number of hydrogen-bond donors (Lipinski definition) is 1. The molecule has 94 valence electrons. The Bertz CT molecular complexity index is 594. The van der Waals surface area contributed by atoms with Crippen molar-refractivity contribution in [2.45, 2.75) is 31.7 Å². The van der Waals surface area contributed by atoms with E-state index in [1.165, 1.54) is 25.7 Å². The molecule has 0 saturated heterocycles. The van der Waals surface area contributed by atoms with Gasteiger partial charge in [-0.15, -0.1) is 0 Å². The standard InChI is InChI=1S/C13H15BrN4/c14-11-7-16-13-12(15-3-4-18(11)13)17-10-6-8-1-2-9(10)5-8/h3-4,7-10H,1-2,5-6H2,(H,15,17). The number of rotatable bonds is 2. The lowest BCUT2D eigenvalue weighted by Crippen LogP contribution is -2.26. The zero-order chi connectivity index (χ0) is 12.1. The number of imidazole rings is 1. The molecule has 4 nitrogen and oxygen atoms in total. The van der Waals surface area contributed by atoms with Gasteiger partial charge >= 0.3 is 0 Å². The Balaban J connectivity index is 1.67. The lowest BCUT2D eigenvalue weighted by molar-refractivity contribution is 0.439. The maximum Gasteiger partial charge on any atom is 0.180 e. The molecule has 1 N–H and O–H groups in total. The Hall–Kier alpha value is -1.10. The van der Waals surface area contributed by atoms with E-state index in [-0.39, 0.29) is 0 Å². The highest BCUT2D eigenvalue weighted by atomic mass is 79.9. The fourth-order valence-corrected chi connectivity index (χ4v) is 3.98. The van der Waals surface area contributed by atoms with E-state index >= 15 is 0 Å². The molecule has 3 unspecified atom stereocenters. The molecule has 4 rings (SSSR count). The first-order valence-electron chi connectivity index (χ1n) is 6.55. The van der Waals surface area contributed by atoms with Crippen LogP contribution < -0.4 is 5.32 Å². The van der Waals surface area contributed by atoms with Crippen LogP contribution in [0.15, 0.2) is 23.2 Å². The first-order chi connectivity index (χ1) is 8.81. The minimum atomic E-state index is 0.595. The molecule has 0 spiro atoms. The quantitative estimate of drug-likeness (QED) is 0.927. The predicted molar refractivity (Wildman–Crippen MR) is 73.5 cm³/mol. The predicted octanol–water partition coefficient (Wildman–Crippen LogP) is 3.09. The van der Waals surface area contributed by atoms with Gasteiger partial charge in [0, 0.05) is 18.4 Å². The molecule has 2 heterocycles. The summed E-state index contributed by atoms with van der Waals surface area (Å²) in [6.07, 6.45) is 11.1. The van der Waals surface area contributed by atoms with E-state index in [0.29, 0.717) is 6.04 Å². The SMILES string of the molecule is Brc1cnc2c(NC3CC4CCC3C4)nccn12. The number of fused-ring (bicyclic) bond motifs is 3. The van der Waals surface area contributed by atoms with Crippen LogP contribution in [0.3, 0.4) is 0 Å². The number of aromatic nitrogens is 3. The van der Waals surface area contributed by atoms with Crippen molar-refractivity contribution in [1.82, 2.24) is 14.4 Å². The molecule has 18 heavy (non-hydrogen) atoms. The Morgan fingerprint density at radius 2 is 2.22 bits per heavy atom. The largest absolute Gasteiger partial charge is 0.364 e. The highest BCUT2D eigenvalue weighted by Gasteiger charge is 2.39. The van der Waals surface area contributed by atoms with E-state index in [1.54, 1.807) is 0 Å². The second-order valence-electron chi connectivity index (χ2n) is 5.48. The van der Waals surface area contributed by atoms with Gasteiger partial charge < -0.3 is 5.32 Å². The molecule has 2 aliphatic rings. The van der Waals surface area contributed by atoms with Crippen LogP contribution in [0, 0.1) is 11.8 Å². The van der Waals surface area contributed by atoms with Gasteiger partial charge in [-0.2, -0.15) is 0 Å². The molecule has 2 aromatic heterocycles. The van der Waals surface area contributed by atoms with Crippen LogP contribution in [-0.2, 0) is 0 Å². The lowest BCUT2D eigenvalue weighted by atomic mass is 9.95. The number of anilines is 1. The molecule has 0 aliphatic heterocycles. The molecule has 0 amide bonds. The number of nitrogens with zero attached hydrogens (tertiary/aromatic N) is 3. The van der Waals surface area contributed by atoms with Crippen molar-refractivity contribution in [2.24, 2.45) is 11.8 Å². The van der Waals surface area contributed by atoms with Crippen LogP contribution in [0.4, 0.5) is 5.82 Å². The van der Waals surface area contributed by atoms with E-state index in [0.717, 1.165) is 27.9 Å². The summed E-state index contributed by atoms with van der Waals surface area (Å²) in [7, 11) is 0. The van der Waals surface area contributed by atoms with Gasteiger partial charge in [0.2, 0.25) is 0 Å². The number of hydrogen-bond acceptors (Lipinski definition) is 3. The third-order valence-electron chi connectivity index (χ3n) is 4.44. The minimum absolute atomic E-state index is 0.595. The molecule has 3 atom stereocenters. The molecular formula is C13H15BrN4. The van der Waals surface area contributed by atoms with Crippen LogP contribution >= 0.6 is 15.9 Å². The first-order valence-corrected chi connectivity index (χ1v) is 7.34. The average Bonchev–Trinajstić information content (AvgIpc) is 3.06. The van der Waals surface area contributed by atoms with E-state index in [9.17, 15) is 0 Å². The Kier molecular flexibility index (Phi) is 2.37. The van der Waals surface area contributed by atoms with Gasteiger partial charge in [0.05, 0.1) is 6.20 Å². The number of halogens is 1. The van der Waals surface area contributed by atoms with Crippen LogP contribution in [0.1, 0.15) is 25.7 Å². The topological polar surface area (TPSA) is 42.2 Å². The van der Waals surface area contributed by atoms with Crippen LogP contribution in [0.5, 0.6) is 0 Å². The van der Waals surface area contributed by atoms with E-state index in [2.05, 4.69) is 31.2 Å². The van der Waals surface area contributed by atoms with E-state index in [1.807, 2.05) is 23.0 Å². The van der Waals surface area contributed by atoms with Gasteiger partial charge in [-0.25, -0.2) is 9.97 Å². The van der Waals surface area contributed by atoms with Crippen molar-refractivity contribution >= 4 is 27.4 Å². The van der Waals surface area contributed by atoms with E-state index < -0.39 is 0 Å². The third-order valence-corrected chi connectivity index (χ3v) is 5.03. The molecule has 2 saturated carbocycles. The molecule has 0 aromatic carbocycles. The lowest BCUT2D eigenvalue weighted by Gasteiger charge is -2.23. The summed E-state index contributed by atoms with van der Waals surface area (Å²) in [6, 6.07) is 0.595. The maximum atomic E-state index is 4.45. The molecule has 2 aliphatic carbocycles. The zero-order valence-electron chi connectivity index (χ0n) is 10.0. The first kappa shape index (κ1) is 10.8. The summed E-state index contributed by atoms with van der Waals surface area (Å²) < 4.78 is 2.98. The summed E-state index contributed by atoms with van der Waals surface area (Å²) in [5.74, 6) is 2.70. The molecule has 0 radical (unpaired) electrons. The average molecular weight is 307 g/mol. The second-order valence-corrected chi connectivity index (χ2v) is 6.29. The third kappa shape index (κ3) is 1.56. The number of nitrogens with one attached hydrogen (secondary N) is 1. The summed E-state index contributed by atoms with van der Waals surface area (Å²) in [5, 5.41) is 3.61. The van der Waals surface area contributed by atoms with Crippen molar-refractivity contribution in [3.8, 4) is 0 Å². The van der Waals surface area contributed by atoms with Crippen molar-refractivity contribution < 1.29 is 0 Å². The van der Waals surface area contributed by atoms with E-state index in [4.69, 9.17) is 0 Å². The van der Waals surface area contributed by atoms with Gasteiger partial charge in [-0.05, 0) is 47.0 Å². The van der Waals surface area contributed by atoms with Gasteiger partial charge in [0.25, 0.3) is 0 Å². The monoisotopic (exact) mass is 306 g/mol. The fraction of sp³-hybridized carbons (Fsp3) is 0.538. The van der Waals surface area contributed by atoms with Crippen molar-refractivity contribution in [3.63, 3.8) is 0 Å². The molecule has 5 heteroatoms. The van der Waals surface area contributed by atoms with Crippen molar-refractivity contribution in [2.75, 3.05) is 5.32 Å². The second kappa shape index (κ2) is 3.95. The Morgan fingerprint density at radius 3 is 3.00 bits per heavy atom. The fourth-order valence-electron chi connectivity index (χ4n) is 3.59. The van der Waals surface area contributed by atoms with Crippen molar-refractivity contribution in [1.29, 1.82) is 0 Å². The summed E-state index contributed by atoms with van der Waals surface area (Å²) in [4.78, 5) is 8.87.